The Balaban J connectivity index is 1.38. The molecule has 0 aliphatic carbocycles. The average Bonchev–Trinajstić information content (AvgIpc) is 3.12. The van der Waals surface area contributed by atoms with Gasteiger partial charge in [-0.15, -0.1) is 0 Å². The molecule has 0 saturated carbocycles. The molecule has 0 saturated heterocycles. The molecule has 0 radical (unpaired) electrons. The van der Waals surface area contributed by atoms with Crippen molar-refractivity contribution in [1.82, 2.24) is 5.32 Å². The topological polar surface area (TPSA) is 42.8 Å². The largest absolute Gasteiger partial charge is 0.489 e. The van der Waals surface area contributed by atoms with Crippen LogP contribution in [-0.2, 0) is 17.8 Å². The Morgan fingerprint density at radius 3 is 2.57 bits per heavy atom. The lowest BCUT2D eigenvalue weighted by Crippen LogP contribution is -2.24. The summed E-state index contributed by atoms with van der Waals surface area (Å²) >= 11 is 0. The molecule has 4 heteroatoms. The van der Waals surface area contributed by atoms with Gasteiger partial charge in [0.05, 0.1) is 6.54 Å². The van der Waals surface area contributed by atoms with E-state index in [1.54, 1.807) is 0 Å². The van der Waals surface area contributed by atoms with E-state index in [1.807, 2.05) is 30.3 Å². The van der Waals surface area contributed by atoms with Gasteiger partial charge in [-0.2, -0.15) is 0 Å². The van der Waals surface area contributed by atoms with E-state index in [0.29, 0.717) is 19.2 Å². The summed E-state index contributed by atoms with van der Waals surface area (Å²) in [5, 5.41) is 3.20. The van der Waals surface area contributed by atoms with Gasteiger partial charge in [-0.25, -0.2) is 4.99 Å². The summed E-state index contributed by atoms with van der Waals surface area (Å²) in [6, 6.07) is 19.2. The van der Waals surface area contributed by atoms with E-state index in [2.05, 4.69) is 34.6 Å². The Bertz CT molecular complexity index is 624. The lowest BCUT2D eigenvalue weighted by atomic mass is 10.1. The molecule has 1 aliphatic heterocycles. The van der Waals surface area contributed by atoms with Gasteiger partial charge in [0.15, 0.2) is 0 Å². The molecule has 0 amide bonds. The van der Waals surface area contributed by atoms with Crippen molar-refractivity contribution in [2.45, 2.75) is 19.4 Å². The third-order valence-electron chi connectivity index (χ3n) is 3.68. The van der Waals surface area contributed by atoms with E-state index in [9.17, 15) is 0 Å². The molecule has 1 heterocycles. The zero-order valence-corrected chi connectivity index (χ0v) is 13.2. The van der Waals surface area contributed by atoms with Crippen molar-refractivity contribution < 1.29 is 9.47 Å². The maximum atomic E-state index is 5.80. The van der Waals surface area contributed by atoms with Crippen LogP contribution in [-0.4, -0.2) is 25.7 Å². The second kappa shape index (κ2) is 8.22. The van der Waals surface area contributed by atoms with E-state index in [4.69, 9.17) is 9.47 Å². The van der Waals surface area contributed by atoms with Gasteiger partial charge in [-0.1, -0.05) is 42.5 Å². The van der Waals surface area contributed by atoms with Crippen LogP contribution < -0.4 is 10.1 Å². The SMILES string of the molecule is c1ccc(COc2ccc(CCCNC3=NCCO3)cc2)cc1. The third-order valence-corrected chi connectivity index (χ3v) is 3.68. The number of aliphatic imine (C=N–C) groups is 1. The predicted octanol–water partition coefficient (Wildman–Crippen LogP) is 3.17. The number of nitrogens with zero attached hydrogens (tertiary/aromatic N) is 1. The summed E-state index contributed by atoms with van der Waals surface area (Å²) in [5.74, 6) is 0.907. The first-order valence-corrected chi connectivity index (χ1v) is 8.07. The molecule has 120 valence electrons. The fraction of sp³-hybridized carbons (Fsp3) is 0.316. The highest BCUT2D eigenvalue weighted by Crippen LogP contribution is 2.15. The zero-order valence-electron chi connectivity index (χ0n) is 13.2. The van der Waals surface area contributed by atoms with Gasteiger partial charge < -0.3 is 14.8 Å². The molecule has 3 rings (SSSR count). The van der Waals surface area contributed by atoms with Crippen LogP contribution in [0.1, 0.15) is 17.5 Å². The van der Waals surface area contributed by atoms with Crippen molar-refractivity contribution in [1.29, 1.82) is 0 Å². The molecule has 0 bridgehead atoms. The molecule has 2 aromatic carbocycles. The van der Waals surface area contributed by atoms with Crippen LogP contribution in [0.3, 0.4) is 0 Å². The smallest absolute Gasteiger partial charge is 0.284 e. The van der Waals surface area contributed by atoms with Crippen molar-refractivity contribution in [3.63, 3.8) is 0 Å². The van der Waals surface area contributed by atoms with Crippen LogP contribution in [0.4, 0.5) is 0 Å². The highest BCUT2D eigenvalue weighted by molar-refractivity contribution is 5.74. The first kappa shape index (κ1) is 15.4. The average molecular weight is 310 g/mol. The minimum atomic E-state index is 0.603. The van der Waals surface area contributed by atoms with Crippen molar-refractivity contribution >= 4 is 6.02 Å². The summed E-state index contributed by atoms with van der Waals surface area (Å²) in [7, 11) is 0. The maximum Gasteiger partial charge on any atom is 0.284 e. The number of benzene rings is 2. The number of hydrogen-bond acceptors (Lipinski definition) is 4. The molecule has 1 aliphatic rings. The molecule has 23 heavy (non-hydrogen) atoms. The highest BCUT2D eigenvalue weighted by Gasteiger charge is 2.05. The monoisotopic (exact) mass is 310 g/mol. The molecule has 0 aromatic heterocycles. The summed E-state index contributed by atoms with van der Waals surface area (Å²) in [5.41, 5.74) is 2.49. The second-order valence-corrected chi connectivity index (χ2v) is 5.48. The fourth-order valence-corrected chi connectivity index (χ4v) is 2.42. The van der Waals surface area contributed by atoms with Crippen molar-refractivity contribution in [2.24, 2.45) is 4.99 Å². The Kier molecular flexibility index (Phi) is 5.51. The number of nitrogens with one attached hydrogen (secondary N) is 1. The Labute approximate surface area is 137 Å². The van der Waals surface area contributed by atoms with Crippen molar-refractivity contribution in [3.05, 3.63) is 65.7 Å². The second-order valence-electron chi connectivity index (χ2n) is 5.48. The van der Waals surface area contributed by atoms with Gasteiger partial charge in [0, 0.05) is 6.54 Å². The van der Waals surface area contributed by atoms with E-state index < -0.39 is 0 Å². The van der Waals surface area contributed by atoms with Crippen LogP contribution in [0.15, 0.2) is 59.6 Å². The quantitative estimate of drug-likeness (QED) is 0.799. The lowest BCUT2D eigenvalue weighted by Gasteiger charge is -2.08. The van der Waals surface area contributed by atoms with Gasteiger partial charge in [0.2, 0.25) is 0 Å². The molecule has 0 spiro atoms. The lowest BCUT2D eigenvalue weighted by molar-refractivity contribution is 0.306. The van der Waals surface area contributed by atoms with Crippen LogP contribution >= 0.6 is 0 Å². The van der Waals surface area contributed by atoms with Crippen molar-refractivity contribution in [3.8, 4) is 5.75 Å². The third kappa shape index (κ3) is 5.02. The minimum absolute atomic E-state index is 0.603. The molecule has 0 atom stereocenters. The number of hydrogen-bond donors (Lipinski definition) is 1. The van der Waals surface area contributed by atoms with Crippen LogP contribution in [0.2, 0.25) is 0 Å². The van der Waals surface area contributed by atoms with Crippen LogP contribution in [0.25, 0.3) is 0 Å². The molecule has 0 unspecified atom stereocenters. The minimum Gasteiger partial charge on any atom is -0.489 e. The summed E-state index contributed by atoms with van der Waals surface area (Å²) in [6.45, 7) is 2.96. The molecular formula is C19H22N2O2. The Hall–Kier alpha value is -2.49. The van der Waals surface area contributed by atoms with Gasteiger partial charge in [0.1, 0.15) is 19.0 Å². The van der Waals surface area contributed by atoms with Crippen LogP contribution in [0.5, 0.6) is 5.75 Å². The fourth-order valence-electron chi connectivity index (χ4n) is 2.42. The van der Waals surface area contributed by atoms with E-state index in [1.165, 1.54) is 11.1 Å². The Morgan fingerprint density at radius 1 is 1.00 bits per heavy atom. The van der Waals surface area contributed by atoms with Gasteiger partial charge in [0.25, 0.3) is 6.02 Å². The van der Waals surface area contributed by atoms with Gasteiger partial charge in [-0.05, 0) is 36.1 Å². The standard InChI is InChI=1S/C19H22N2O2/c1-2-5-17(6-3-1)15-23-18-10-8-16(9-11-18)7-4-12-20-19-21-13-14-22-19/h1-3,5-6,8-11H,4,7,12-15H2,(H,20,21). The van der Waals surface area contributed by atoms with E-state index in [0.717, 1.165) is 31.7 Å². The number of ether oxygens (including phenoxy) is 2. The number of amidine groups is 1. The maximum absolute atomic E-state index is 5.80. The first-order valence-electron chi connectivity index (χ1n) is 8.07. The summed E-state index contributed by atoms with van der Waals surface area (Å²) in [6.07, 6.45) is 2.08. The number of aryl methyl sites for hydroxylation is 1. The molecule has 0 fully saturated rings. The molecular weight excluding hydrogens is 288 g/mol. The summed E-state index contributed by atoms with van der Waals surface area (Å²) in [4.78, 5) is 4.20. The van der Waals surface area contributed by atoms with E-state index >= 15 is 0 Å². The van der Waals surface area contributed by atoms with Gasteiger partial charge in [-0.3, -0.25) is 0 Å². The van der Waals surface area contributed by atoms with Crippen LogP contribution in [0, 0.1) is 0 Å². The molecule has 1 N–H and O–H groups in total. The van der Waals surface area contributed by atoms with Gasteiger partial charge >= 0.3 is 0 Å². The first-order chi connectivity index (χ1) is 11.4. The normalized spacial score (nSPS) is 13.3. The van der Waals surface area contributed by atoms with Crippen molar-refractivity contribution in [2.75, 3.05) is 19.7 Å². The molecule has 4 nitrogen and oxygen atoms in total. The molecule has 2 aromatic rings. The number of rotatable bonds is 7. The van der Waals surface area contributed by atoms with E-state index in [-0.39, 0.29) is 0 Å². The predicted molar refractivity (Wildman–Crippen MR) is 91.8 cm³/mol. The zero-order chi connectivity index (χ0) is 15.7. The summed E-state index contributed by atoms with van der Waals surface area (Å²) < 4.78 is 11.1. The Morgan fingerprint density at radius 2 is 1.83 bits per heavy atom. The highest BCUT2D eigenvalue weighted by atomic mass is 16.5.